The van der Waals surface area contributed by atoms with Gasteiger partial charge >= 0.3 is 5.97 Å². The minimum Gasteiger partial charge on any atom is -0.481 e. The number of hydrogen-bond acceptors (Lipinski definition) is 2. The molecule has 1 radical (unpaired) electrons. The molecule has 91 valence electrons. The molecule has 17 heavy (non-hydrogen) atoms. The number of carboxylic acid groups (broad SMARTS) is 1. The number of carbonyl (C=O) groups is 1. The molecule has 0 saturated carbocycles. The third kappa shape index (κ3) is 2.47. The van der Waals surface area contributed by atoms with Crippen LogP contribution in [0.5, 0.6) is 0 Å². The van der Waals surface area contributed by atoms with E-state index in [-0.39, 0.29) is 17.8 Å². The lowest BCUT2D eigenvalue weighted by Crippen LogP contribution is -2.51. The molecule has 0 aliphatic carbocycles. The molecule has 0 bridgehead atoms. The SMILES string of the molecule is CCC(c1cc[c]c(F)c1)N1CC(C(=O)O)C1. The zero-order chi connectivity index (χ0) is 12.4. The first kappa shape index (κ1) is 12.0. The van der Waals surface area contributed by atoms with Crippen LogP contribution in [0.1, 0.15) is 24.9 Å². The third-order valence-electron chi connectivity index (χ3n) is 3.26. The first-order valence-electron chi connectivity index (χ1n) is 5.75. The molecule has 1 aromatic carbocycles. The first-order chi connectivity index (χ1) is 8.11. The van der Waals surface area contributed by atoms with Crippen molar-refractivity contribution in [2.24, 2.45) is 5.92 Å². The highest BCUT2D eigenvalue weighted by molar-refractivity contribution is 5.71. The largest absolute Gasteiger partial charge is 0.481 e. The predicted octanol–water partition coefficient (Wildman–Crippen LogP) is 2.09. The Morgan fingerprint density at radius 2 is 2.41 bits per heavy atom. The second-order valence-corrected chi connectivity index (χ2v) is 4.38. The molecule has 1 atom stereocenters. The van der Waals surface area contributed by atoms with E-state index in [4.69, 9.17) is 5.11 Å². The number of nitrogens with zero attached hydrogens (tertiary/aromatic N) is 1. The molecule has 1 saturated heterocycles. The van der Waals surface area contributed by atoms with E-state index in [2.05, 4.69) is 11.0 Å². The highest BCUT2D eigenvalue weighted by Gasteiger charge is 2.36. The number of aliphatic carboxylic acids is 1. The number of likely N-dealkylation sites (tertiary alicyclic amines) is 1. The van der Waals surface area contributed by atoms with Crippen LogP contribution in [0.3, 0.4) is 0 Å². The van der Waals surface area contributed by atoms with Crippen LogP contribution < -0.4 is 0 Å². The van der Waals surface area contributed by atoms with E-state index in [1.165, 1.54) is 6.07 Å². The molecule has 3 nitrogen and oxygen atoms in total. The van der Waals surface area contributed by atoms with Crippen molar-refractivity contribution in [2.75, 3.05) is 13.1 Å². The van der Waals surface area contributed by atoms with Crippen molar-refractivity contribution in [2.45, 2.75) is 19.4 Å². The summed E-state index contributed by atoms with van der Waals surface area (Å²) in [5.74, 6) is -1.39. The first-order valence-corrected chi connectivity index (χ1v) is 5.75. The molecular weight excluding hydrogens is 221 g/mol. The Kier molecular flexibility index (Phi) is 3.43. The second-order valence-electron chi connectivity index (χ2n) is 4.38. The van der Waals surface area contributed by atoms with Gasteiger partial charge in [0, 0.05) is 25.2 Å². The minimum atomic E-state index is -0.747. The van der Waals surface area contributed by atoms with Crippen molar-refractivity contribution in [3.8, 4) is 0 Å². The summed E-state index contributed by atoms with van der Waals surface area (Å²) in [6.07, 6.45) is 0.843. The van der Waals surface area contributed by atoms with E-state index < -0.39 is 5.97 Å². The summed E-state index contributed by atoms with van der Waals surface area (Å²) in [7, 11) is 0. The monoisotopic (exact) mass is 236 g/mol. The molecule has 0 aromatic heterocycles. The summed E-state index contributed by atoms with van der Waals surface area (Å²) in [5.41, 5.74) is 0.896. The van der Waals surface area contributed by atoms with Crippen LogP contribution >= 0.6 is 0 Å². The topological polar surface area (TPSA) is 40.5 Å². The van der Waals surface area contributed by atoms with E-state index in [0.717, 1.165) is 12.0 Å². The van der Waals surface area contributed by atoms with Gasteiger partial charge in [0.1, 0.15) is 5.82 Å². The van der Waals surface area contributed by atoms with E-state index in [0.29, 0.717) is 13.1 Å². The summed E-state index contributed by atoms with van der Waals surface area (Å²) in [6.45, 7) is 3.12. The molecule has 1 heterocycles. The molecule has 1 fully saturated rings. The van der Waals surface area contributed by atoms with Gasteiger partial charge in [0.2, 0.25) is 0 Å². The van der Waals surface area contributed by atoms with Gasteiger partial charge in [-0.1, -0.05) is 19.1 Å². The maximum atomic E-state index is 13.1. The minimum absolute atomic E-state index is 0.106. The predicted molar refractivity (Wildman–Crippen MR) is 61.0 cm³/mol. The fraction of sp³-hybridized carbons (Fsp3) is 0.462. The van der Waals surface area contributed by atoms with Crippen LogP contribution in [0, 0.1) is 17.8 Å². The van der Waals surface area contributed by atoms with Crippen LogP contribution in [0.2, 0.25) is 0 Å². The Labute approximate surface area is 99.9 Å². The van der Waals surface area contributed by atoms with Crippen molar-refractivity contribution in [3.05, 3.63) is 35.6 Å². The molecule has 0 amide bonds. The molecule has 0 spiro atoms. The average molecular weight is 236 g/mol. The molecule has 1 N–H and O–H groups in total. The Morgan fingerprint density at radius 1 is 1.71 bits per heavy atom. The van der Waals surface area contributed by atoms with Gasteiger partial charge in [-0.25, -0.2) is 4.39 Å². The molecule has 1 aliphatic heterocycles. The van der Waals surface area contributed by atoms with Crippen LogP contribution in [-0.4, -0.2) is 29.1 Å². The zero-order valence-corrected chi connectivity index (χ0v) is 9.69. The Bertz CT molecular complexity index is 416. The average Bonchev–Trinajstić information content (AvgIpc) is 2.21. The molecule has 1 aliphatic rings. The quantitative estimate of drug-likeness (QED) is 0.870. The Morgan fingerprint density at radius 3 is 2.94 bits per heavy atom. The fourth-order valence-corrected chi connectivity index (χ4v) is 2.29. The van der Waals surface area contributed by atoms with Crippen molar-refractivity contribution in [3.63, 3.8) is 0 Å². The second kappa shape index (κ2) is 4.84. The molecule has 2 rings (SSSR count). The van der Waals surface area contributed by atoms with Crippen molar-refractivity contribution >= 4 is 5.97 Å². The third-order valence-corrected chi connectivity index (χ3v) is 3.26. The summed E-state index contributed by atoms with van der Waals surface area (Å²) in [4.78, 5) is 12.8. The van der Waals surface area contributed by atoms with E-state index in [1.54, 1.807) is 6.07 Å². The van der Waals surface area contributed by atoms with Gasteiger partial charge in [0.05, 0.1) is 5.92 Å². The number of halogens is 1. The maximum absolute atomic E-state index is 13.1. The van der Waals surface area contributed by atoms with Crippen molar-refractivity contribution < 1.29 is 14.3 Å². The van der Waals surface area contributed by atoms with Gasteiger partial charge in [-0.15, -0.1) is 0 Å². The van der Waals surface area contributed by atoms with Crippen LogP contribution in [0.15, 0.2) is 18.2 Å². The van der Waals surface area contributed by atoms with Crippen LogP contribution in [-0.2, 0) is 4.79 Å². The van der Waals surface area contributed by atoms with E-state index >= 15 is 0 Å². The molecule has 1 aromatic rings. The summed E-state index contributed by atoms with van der Waals surface area (Å²) in [5, 5.41) is 8.83. The van der Waals surface area contributed by atoms with Gasteiger partial charge in [0.15, 0.2) is 0 Å². The highest BCUT2D eigenvalue weighted by Crippen LogP contribution is 2.31. The maximum Gasteiger partial charge on any atom is 0.309 e. The lowest BCUT2D eigenvalue weighted by atomic mass is 9.93. The van der Waals surface area contributed by atoms with Crippen LogP contribution in [0.25, 0.3) is 0 Å². The standard InChI is InChI=1S/C13H15FNO2/c1-2-12(9-4-3-5-11(14)6-9)15-7-10(8-15)13(16)17/h3-4,6,10,12H,2,7-8H2,1H3,(H,16,17). The molecular formula is C13H15FNO2. The van der Waals surface area contributed by atoms with E-state index in [9.17, 15) is 9.18 Å². The molecule has 4 heteroatoms. The lowest BCUT2D eigenvalue weighted by molar-refractivity contribution is -0.148. The van der Waals surface area contributed by atoms with Gasteiger partial charge in [-0.05, 0) is 18.1 Å². The summed E-state index contributed by atoms with van der Waals surface area (Å²) in [6, 6.07) is 7.46. The number of rotatable bonds is 4. The summed E-state index contributed by atoms with van der Waals surface area (Å²) >= 11 is 0. The summed E-state index contributed by atoms with van der Waals surface area (Å²) < 4.78 is 13.1. The van der Waals surface area contributed by atoms with Crippen molar-refractivity contribution in [1.82, 2.24) is 4.90 Å². The number of carboxylic acids is 1. The zero-order valence-electron chi connectivity index (χ0n) is 9.69. The van der Waals surface area contributed by atoms with Crippen molar-refractivity contribution in [1.29, 1.82) is 0 Å². The normalized spacial score (nSPS) is 18.7. The Balaban J connectivity index is 2.06. The van der Waals surface area contributed by atoms with Crippen LogP contribution in [0.4, 0.5) is 4.39 Å². The van der Waals surface area contributed by atoms with Gasteiger partial charge in [-0.2, -0.15) is 0 Å². The van der Waals surface area contributed by atoms with Gasteiger partial charge in [0.25, 0.3) is 0 Å². The fourth-order valence-electron chi connectivity index (χ4n) is 2.29. The number of benzene rings is 1. The number of hydrogen-bond donors (Lipinski definition) is 1. The highest BCUT2D eigenvalue weighted by atomic mass is 19.1. The Hall–Kier alpha value is -1.42. The smallest absolute Gasteiger partial charge is 0.309 e. The van der Waals surface area contributed by atoms with Gasteiger partial charge in [-0.3, -0.25) is 9.69 Å². The molecule has 1 unspecified atom stereocenters. The van der Waals surface area contributed by atoms with Gasteiger partial charge < -0.3 is 5.11 Å². The lowest BCUT2D eigenvalue weighted by Gasteiger charge is -2.42. The van der Waals surface area contributed by atoms with E-state index in [1.807, 2.05) is 13.0 Å².